The van der Waals surface area contributed by atoms with Gasteiger partial charge in [0.05, 0.1) is 4.92 Å². The highest BCUT2D eigenvalue weighted by molar-refractivity contribution is 5.93. The number of carboxylic acids is 1. The minimum Gasteiger partial charge on any atom is -0.477 e. The molecule has 1 aromatic carbocycles. The van der Waals surface area contributed by atoms with Gasteiger partial charge in [-0.15, -0.1) is 0 Å². The fourth-order valence-corrected chi connectivity index (χ4v) is 2.26. The van der Waals surface area contributed by atoms with E-state index in [-0.39, 0.29) is 11.3 Å². The first-order valence-electron chi connectivity index (χ1n) is 6.79. The predicted molar refractivity (Wildman–Crippen MR) is 75.3 cm³/mol. The number of nitro groups is 1. The predicted octanol–water partition coefficient (Wildman–Crippen LogP) is 2.92. The summed E-state index contributed by atoms with van der Waals surface area (Å²) >= 11 is 0. The highest BCUT2D eigenvalue weighted by Gasteiger charge is 2.26. The van der Waals surface area contributed by atoms with E-state index in [1.54, 1.807) is 6.07 Å². The summed E-state index contributed by atoms with van der Waals surface area (Å²) in [5, 5.41) is 20.0. The average Bonchev–Trinajstić information content (AvgIpc) is 3.21. The zero-order valence-corrected chi connectivity index (χ0v) is 11.4. The molecule has 20 heavy (non-hydrogen) atoms. The van der Waals surface area contributed by atoms with Gasteiger partial charge in [-0.05, 0) is 37.3 Å². The maximum absolute atomic E-state index is 11.0. The Morgan fingerprint density at radius 2 is 2.20 bits per heavy atom. The second-order valence-electron chi connectivity index (χ2n) is 5.15. The minimum atomic E-state index is -1.27. The highest BCUT2D eigenvalue weighted by Crippen LogP contribution is 2.33. The zero-order valence-electron chi connectivity index (χ0n) is 11.4. The number of nitrogens with zero attached hydrogens (tertiary/aromatic N) is 2. The number of carbonyl (C=O) groups is 1. The molecule has 1 aliphatic rings. The van der Waals surface area contributed by atoms with Crippen LogP contribution in [0.5, 0.6) is 0 Å². The summed E-state index contributed by atoms with van der Waals surface area (Å²) in [5.41, 5.74) is 0.129. The highest BCUT2D eigenvalue weighted by atomic mass is 16.6. The topological polar surface area (TPSA) is 83.7 Å². The van der Waals surface area contributed by atoms with Crippen LogP contribution < -0.4 is 4.90 Å². The third kappa shape index (κ3) is 3.26. The number of rotatable bonds is 7. The fourth-order valence-electron chi connectivity index (χ4n) is 2.26. The van der Waals surface area contributed by atoms with Gasteiger partial charge in [-0.1, -0.05) is 6.92 Å². The van der Waals surface area contributed by atoms with Crippen LogP contribution in [0.4, 0.5) is 11.4 Å². The third-order valence-corrected chi connectivity index (χ3v) is 3.44. The molecule has 1 saturated carbocycles. The van der Waals surface area contributed by atoms with Crippen molar-refractivity contribution in [2.24, 2.45) is 5.92 Å². The number of aromatic carboxylic acids is 1. The molecule has 0 atom stereocenters. The molecule has 0 bridgehead atoms. The molecule has 0 amide bonds. The SMILES string of the molecule is CCCN(CC1CC1)c1ccc(C(=O)O)c([N+](=O)[O-])c1. The van der Waals surface area contributed by atoms with E-state index < -0.39 is 10.9 Å². The summed E-state index contributed by atoms with van der Waals surface area (Å²) in [6.07, 6.45) is 3.35. The Kier molecular flexibility index (Phi) is 4.22. The molecule has 1 N–H and O–H groups in total. The molecule has 6 nitrogen and oxygen atoms in total. The first-order valence-corrected chi connectivity index (χ1v) is 6.79. The number of anilines is 1. The van der Waals surface area contributed by atoms with Crippen LogP contribution in [0.1, 0.15) is 36.5 Å². The Morgan fingerprint density at radius 3 is 2.70 bits per heavy atom. The van der Waals surface area contributed by atoms with Crippen molar-refractivity contribution >= 4 is 17.3 Å². The van der Waals surface area contributed by atoms with E-state index >= 15 is 0 Å². The van der Waals surface area contributed by atoms with Gasteiger partial charge in [0, 0.05) is 24.8 Å². The van der Waals surface area contributed by atoms with E-state index in [9.17, 15) is 14.9 Å². The van der Waals surface area contributed by atoms with E-state index in [0.717, 1.165) is 25.2 Å². The van der Waals surface area contributed by atoms with E-state index in [1.807, 2.05) is 0 Å². The van der Waals surface area contributed by atoms with Crippen LogP contribution in [0, 0.1) is 16.0 Å². The number of hydrogen-bond acceptors (Lipinski definition) is 4. The van der Waals surface area contributed by atoms with Crippen molar-refractivity contribution in [1.82, 2.24) is 0 Å². The standard InChI is InChI=1S/C14H18N2O4/c1-2-7-15(9-10-3-4-10)11-5-6-12(14(17)18)13(8-11)16(19)20/h5-6,8,10H,2-4,7,9H2,1H3,(H,17,18). The van der Waals surface area contributed by atoms with Crippen molar-refractivity contribution in [1.29, 1.82) is 0 Å². The normalized spacial score (nSPS) is 14.1. The summed E-state index contributed by atoms with van der Waals surface area (Å²) in [4.78, 5) is 23.5. The molecule has 1 aliphatic carbocycles. The van der Waals surface area contributed by atoms with Crippen molar-refractivity contribution in [3.8, 4) is 0 Å². The first kappa shape index (κ1) is 14.3. The fraction of sp³-hybridized carbons (Fsp3) is 0.500. The number of nitro benzene ring substituents is 1. The van der Waals surface area contributed by atoms with Crippen LogP contribution in [-0.2, 0) is 0 Å². The summed E-state index contributed by atoms with van der Waals surface area (Å²) < 4.78 is 0. The van der Waals surface area contributed by atoms with Crippen LogP contribution in [0.2, 0.25) is 0 Å². The molecule has 0 unspecified atom stereocenters. The van der Waals surface area contributed by atoms with E-state index in [2.05, 4.69) is 11.8 Å². The molecule has 108 valence electrons. The van der Waals surface area contributed by atoms with Gasteiger partial charge in [0.15, 0.2) is 0 Å². The molecule has 2 rings (SSSR count). The average molecular weight is 278 g/mol. The molecule has 0 aliphatic heterocycles. The van der Waals surface area contributed by atoms with Gasteiger partial charge in [0.25, 0.3) is 5.69 Å². The van der Waals surface area contributed by atoms with Crippen LogP contribution in [0.25, 0.3) is 0 Å². The smallest absolute Gasteiger partial charge is 0.342 e. The summed E-state index contributed by atoms with van der Waals surface area (Å²) in [5.74, 6) is -0.604. The van der Waals surface area contributed by atoms with Crippen molar-refractivity contribution in [3.63, 3.8) is 0 Å². The van der Waals surface area contributed by atoms with Crippen LogP contribution in [-0.4, -0.2) is 29.1 Å². The third-order valence-electron chi connectivity index (χ3n) is 3.44. The van der Waals surface area contributed by atoms with Gasteiger partial charge < -0.3 is 10.0 Å². The van der Waals surface area contributed by atoms with Crippen molar-refractivity contribution in [2.45, 2.75) is 26.2 Å². The molecule has 0 radical (unpaired) electrons. The lowest BCUT2D eigenvalue weighted by Gasteiger charge is -2.24. The van der Waals surface area contributed by atoms with E-state index in [0.29, 0.717) is 5.92 Å². The van der Waals surface area contributed by atoms with Crippen LogP contribution in [0.15, 0.2) is 18.2 Å². The lowest BCUT2D eigenvalue weighted by Crippen LogP contribution is -2.26. The Morgan fingerprint density at radius 1 is 1.50 bits per heavy atom. The molecule has 6 heteroatoms. The lowest BCUT2D eigenvalue weighted by molar-refractivity contribution is -0.385. The second-order valence-corrected chi connectivity index (χ2v) is 5.15. The Balaban J connectivity index is 2.31. The van der Waals surface area contributed by atoms with Crippen molar-refractivity contribution in [2.75, 3.05) is 18.0 Å². The monoisotopic (exact) mass is 278 g/mol. The van der Waals surface area contributed by atoms with Gasteiger partial charge in [0.1, 0.15) is 5.56 Å². The largest absolute Gasteiger partial charge is 0.477 e. The molecular formula is C14H18N2O4. The first-order chi connectivity index (χ1) is 9.52. The summed E-state index contributed by atoms with van der Waals surface area (Å²) in [7, 11) is 0. The molecule has 0 saturated heterocycles. The molecular weight excluding hydrogens is 260 g/mol. The molecule has 0 spiro atoms. The maximum atomic E-state index is 11.0. The Bertz CT molecular complexity index is 526. The number of hydrogen-bond donors (Lipinski definition) is 1. The summed E-state index contributed by atoms with van der Waals surface area (Å²) in [6, 6.07) is 4.36. The number of carboxylic acid groups (broad SMARTS) is 1. The lowest BCUT2D eigenvalue weighted by atomic mass is 10.1. The van der Waals surface area contributed by atoms with Gasteiger partial charge in [0.2, 0.25) is 0 Å². The minimum absolute atomic E-state index is 0.262. The van der Waals surface area contributed by atoms with Gasteiger partial charge in [-0.25, -0.2) is 4.79 Å². The second kappa shape index (κ2) is 5.90. The Hall–Kier alpha value is -2.11. The molecule has 1 aromatic rings. The molecule has 0 aromatic heterocycles. The molecule has 0 heterocycles. The van der Waals surface area contributed by atoms with Gasteiger partial charge in [-0.2, -0.15) is 0 Å². The van der Waals surface area contributed by atoms with E-state index in [1.165, 1.54) is 25.0 Å². The van der Waals surface area contributed by atoms with Crippen molar-refractivity contribution < 1.29 is 14.8 Å². The van der Waals surface area contributed by atoms with Crippen LogP contribution in [0.3, 0.4) is 0 Å². The molecule has 1 fully saturated rings. The van der Waals surface area contributed by atoms with Gasteiger partial charge in [-0.3, -0.25) is 10.1 Å². The van der Waals surface area contributed by atoms with Crippen molar-refractivity contribution in [3.05, 3.63) is 33.9 Å². The van der Waals surface area contributed by atoms with Crippen LogP contribution >= 0.6 is 0 Å². The quantitative estimate of drug-likeness (QED) is 0.612. The number of benzene rings is 1. The zero-order chi connectivity index (χ0) is 14.7. The summed E-state index contributed by atoms with van der Waals surface area (Å²) in [6.45, 7) is 3.76. The van der Waals surface area contributed by atoms with E-state index in [4.69, 9.17) is 5.11 Å². The van der Waals surface area contributed by atoms with Gasteiger partial charge >= 0.3 is 5.97 Å². The maximum Gasteiger partial charge on any atom is 0.342 e. The Labute approximate surface area is 117 Å².